The maximum absolute atomic E-state index is 9.68. The number of rotatable bonds is 4. The van der Waals surface area contributed by atoms with Gasteiger partial charge in [0.15, 0.2) is 0 Å². The van der Waals surface area contributed by atoms with Gasteiger partial charge in [0.1, 0.15) is 5.60 Å². The van der Waals surface area contributed by atoms with E-state index in [1.54, 1.807) is 25.2 Å². The third kappa shape index (κ3) is 7.03. The lowest BCUT2D eigenvalue weighted by Gasteiger charge is -2.24. The molecule has 128 valence electrons. The Hall–Kier alpha value is -0.900. The second-order valence-electron chi connectivity index (χ2n) is 7.01. The zero-order chi connectivity index (χ0) is 16.9. The third-order valence-corrected chi connectivity index (χ3v) is 4.56. The molecule has 0 aromatic carbocycles. The smallest absolute Gasteiger partial charge is 0.120 e. The van der Waals surface area contributed by atoms with Crippen LogP contribution in [0.3, 0.4) is 0 Å². The minimum atomic E-state index is -0.939. The number of ether oxygens (including phenoxy) is 1. The van der Waals surface area contributed by atoms with Crippen LogP contribution in [-0.4, -0.2) is 67.5 Å². The molecule has 1 unspecified atom stereocenters. The molecule has 0 bridgehead atoms. The molecule has 4 nitrogen and oxygen atoms in total. The SMILES string of the molecule is CN(C)CC1COCCN(Cc2ccc(C#CC(C)(C)O)s2)C1. The molecule has 23 heavy (non-hydrogen) atoms. The van der Waals surface area contributed by atoms with E-state index >= 15 is 0 Å². The molecule has 1 atom stereocenters. The highest BCUT2D eigenvalue weighted by molar-refractivity contribution is 7.12. The summed E-state index contributed by atoms with van der Waals surface area (Å²) in [5, 5.41) is 9.68. The van der Waals surface area contributed by atoms with Gasteiger partial charge in [0.05, 0.1) is 18.1 Å². The Balaban J connectivity index is 1.95. The molecule has 0 saturated carbocycles. The minimum Gasteiger partial charge on any atom is -0.380 e. The van der Waals surface area contributed by atoms with Gasteiger partial charge in [-0.1, -0.05) is 11.8 Å². The molecule has 1 aromatic heterocycles. The molecule has 1 saturated heterocycles. The average Bonchev–Trinajstić information content (AvgIpc) is 2.76. The van der Waals surface area contributed by atoms with Crippen LogP contribution in [0.2, 0.25) is 0 Å². The van der Waals surface area contributed by atoms with E-state index in [1.807, 2.05) is 6.07 Å². The minimum absolute atomic E-state index is 0.557. The summed E-state index contributed by atoms with van der Waals surface area (Å²) in [4.78, 5) is 7.03. The van der Waals surface area contributed by atoms with E-state index in [-0.39, 0.29) is 0 Å². The van der Waals surface area contributed by atoms with Gasteiger partial charge in [0.25, 0.3) is 0 Å². The van der Waals surface area contributed by atoms with Crippen LogP contribution in [0, 0.1) is 17.8 Å². The molecule has 2 heterocycles. The van der Waals surface area contributed by atoms with E-state index in [0.29, 0.717) is 5.92 Å². The molecule has 1 fully saturated rings. The zero-order valence-corrected chi connectivity index (χ0v) is 15.4. The van der Waals surface area contributed by atoms with Gasteiger partial charge in [-0.2, -0.15) is 0 Å². The average molecular weight is 337 g/mol. The molecule has 1 aliphatic rings. The second-order valence-corrected chi connectivity index (χ2v) is 8.18. The van der Waals surface area contributed by atoms with Crippen molar-refractivity contribution in [3.63, 3.8) is 0 Å². The van der Waals surface area contributed by atoms with Gasteiger partial charge in [0, 0.05) is 37.0 Å². The first kappa shape index (κ1) is 18.4. The van der Waals surface area contributed by atoms with E-state index in [4.69, 9.17) is 4.74 Å². The van der Waals surface area contributed by atoms with Crippen molar-refractivity contribution in [3.8, 4) is 11.8 Å². The summed E-state index contributed by atoms with van der Waals surface area (Å²) in [6.07, 6.45) is 0. The van der Waals surface area contributed by atoms with E-state index in [0.717, 1.165) is 44.3 Å². The van der Waals surface area contributed by atoms with Gasteiger partial charge in [-0.25, -0.2) is 0 Å². The van der Waals surface area contributed by atoms with Crippen molar-refractivity contribution in [3.05, 3.63) is 21.9 Å². The monoisotopic (exact) mass is 336 g/mol. The lowest BCUT2D eigenvalue weighted by molar-refractivity contribution is 0.112. The molecular weight excluding hydrogens is 308 g/mol. The number of thiophene rings is 1. The molecule has 0 amide bonds. The Morgan fingerprint density at radius 2 is 2.22 bits per heavy atom. The van der Waals surface area contributed by atoms with Crippen LogP contribution in [0.4, 0.5) is 0 Å². The molecule has 1 aliphatic heterocycles. The van der Waals surface area contributed by atoms with Crippen LogP contribution in [0.1, 0.15) is 23.6 Å². The Morgan fingerprint density at radius 3 is 2.91 bits per heavy atom. The number of aliphatic hydroxyl groups is 1. The molecule has 0 radical (unpaired) electrons. The standard InChI is InChI=1S/C18H28N2O2S/c1-18(2,21)8-7-16-5-6-17(23-16)13-20-9-10-22-14-15(12-20)11-19(3)4/h5-6,15,21H,9-14H2,1-4H3. The quantitative estimate of drug-likeness (QED) is 0.852. The molecule has 0 aliphatic carbocycles. The summed E-state index contributed by atoms with van der Waals surface area (Å²) in [6, 6.07) is 4.19. The zero-order valence-electron chi connectivity index (χ0n) is 14.6. The van der Waals surface area contributed by atoms with Crippen LogP contribution in [0.15, 0.2) is 12.1 Å². The lowest BCUT2D eigenvalue weighted by Crippen LogP contribution is -2.34. The molecule has 0 spiro atoms. The molecule has 2 rings (SSSR count). The van der Waals surface area contributed by atoms with Crippen molar-refractivity contribution in [2.75, 3.05) is 46.9 Å². The Labute approximate surface area is 144 Å². The molecular formula is C18H28N2O2S. The van der Waals surface area contributed by atoms with Crippen LogP contribution in [0.25, 0.3) is 0 Å². The maximum atomic E-state index is 9.68. The van der Waals surface area contributed by atoms with Gasteiger partial charge >= 0.3 is 0 Å². The predicted octanol–water partition coefficient (Wildman–Crippen LogP) is 1.88. The summed E-state index contributed by atoms with van der Waals surface area (Å²) in [5.41, 5.74) is -0.939. The lowest BCUT2D eigenvalue weighted by atomic mass is 10.1. The van der Waals surface area contributed by atoms with E-state index in [9.17, 15) is 5.11 Å². The van der Waals surface area contributed by atoms with Gasteiger partial charge in [0.2, 0.25) is 0 Å². The highest BCUT2D eigenvalue weighted by Gasteiger charge is 2.19. The third-order valence-electron chi connectivity index (χ3n) is 3.58. The fraction of sp³-hybridized carbons (Fsp3) is 0.667. The van der Waals surface area contributed by atoms with Crippen molar-refractivity contribution in [1.82, 2.24) is 9.80 Å². The summed E-state index contributed by atoms with van der Waals surface area (Å²) >= 11 is 1.71. The van der Waals surface area contributed by atoms with E-state index < -0.39 is 5.60 Å². The molecule has 5 heteroatoms. The van der Waals surface area contributed by atoms with E-state index in [2.05, 4.69) is 41.8 Å². The van der Waals surface area contributed by atoms with Gasteiger partial charge < -0.3 is 14.7 Å². The first-order valence-electron chi connectivity index (χ1n) is 8.11. The second kappa shape index (κ2) is 8.27. The van der Waals surface area contributed by atoms with Crippen molar-refractivity contribution in [1.29, 1.82) is 0 Å². The van der Waals surface area contributed by atoms with E-state index in [1.165, 1.54) is 4.88 Å². The summed E-state index contributed by atoms with van der Waals surface area (Å²) in [5.74, 6) is 6.49. The summed E-state index contributed by atoms with van der Waals surface area (Å²) < 4.78 is 5.74. The predicted molar refractivity (Wildman–Crippen MR) is 95.6 cm³/mol. The van der Waals surface area contributed by atoms with Crippen LogP contribution in [-0.2, 0) is 11.3 Å². The number of hydrogen-bond donors (Lipinski definition) is 1. The van der Waals surface area contributed by atoms with Crippen LogP contribution < -0.4 is 0 Å². The van der Waals surface area contributed by atoms with Crippen LogP contribution >= 0.6 is 11.3 Å². The topological polar surface area (TPSA) is 35.9 Å². The van der Waals surface area contributed by atoms with Crippen molar-refractivity contribution >= 4 is 11.3 Å². The highest BCUT2D eigenvalue weighted by atomic mass is 32.1. The largest absolute Gasteiger partial charge is 0.380 e. The van der Waals surface area contributed by atoms with Gasteiger partial charge in [-0.3, -0.25) is 4.90 Å². The van der Waals surface area contributed by atoms with Crippen molar-refractivity contribution in [2.45, 2.75) is 26.0 Å². The summed E-state index contributed by atoms with van der Waals surface area (Å²) in [7, 11) is 4.23. The fourth-order valence-electron chi connectivity index (χ4n) is 2.69. The van der Waals surface area contributed by atoms with Gasteiger partial charge in [-0.15, -0.1) is 11.3 Å². The number of nitrogens with zero attached hydrogens (tertiary/aromatic N) is 2. The maximum Gasteiger partial charge on any atom is 0.120 e. The fourth-order valence-corrected chi connectivity index (χ4v) is 3.59. The van der Waals surface area contributed by atoms with Crippen LogP contribution in [0.5, 0.6) is 0 Å². The summed E-state index contributed by atoms with van der Waals surface area (Å²) in [6.45, 7) is 9.12. The van der Waals surface area contributed by atoms with Crippen molar-refractivity contribution < 1.29 is 9.84 Å². The van der Waals surface area contributed by atoms with Gasteiger partial charge in [-0.05, 0) is 40.1 Å². The first-order chi connectivity index (χ1) is 10.8. The normalized spacial score (nSPS) is 20.2. The Kier molecular flexibility index (Phi) is 6.63. The highest BCUT2D eigenvalue weighted by Crippen LogP contribution is 2.19. The Bertz CT molecular complexity index is 551. The van der Waals surface area contributed by atoms with Crippen molar-refractivity contribution in [2.24, 2.45) is 5.92 Å². The Morgan fingerprint density at radius 1 is 1.43 bits per heavy atom. The number of hydrogen-bond acceptors (Lipinski definition) is 5. The first-order valence-corrected chi connectivity index (χ1v) is 8.92. The molecule has 1 N–H and O–H groups in total. The molecule has 1 aromatic rings.